The van der Waals surface area contributed by atoms with E-state index in [0.717, 1.165) is 11.3 Å². The molecule has 1 atom stereocenters. The van der Waals surface area contributed by atoms with Crippen LogP contribution < -0.4 is 0 Å². The molecule has 1 unspecified atom stereocenters. The molecule has 21 heavy (non-hydrogen) atoms. The average molecular weight is 276 g/mol. The lowest BCUT2D eigenvalue weighted by atomic mass is 9.97. The van der Waals surface area contributed by atoms with Crippen molar-refractivity contribution in [1.82, 2.24) is 0 Å². The summed E-state index contributed by atoms with van der Waals surface area (Å²) in [5.41, 5.74) is 4.40. The highest BCUT2D eigenvalue weighted by molar-refractivity contribution is 5.62. The highest BCUT2D eigenvalue weighted by Crippen LogP contribution is 2.20. The molecule has 0 amide bonds. The first-order chi connectivity index (χ1) is 10.2. The van der Waals surface area contributed by atoms with Gasteiger partial charge in [0, 0.05) is 5.92 Å². The smallest absolute Gasteiger partial charge is 0.0949 e. The fraction of sp³-hybridized carbons (Fsp3) is 0.211. The van der Waals surface area contributed by atoms with E-state index in [0.29, 0.717) is 12.5 Å². The fourth-order valence-electron chi connectivity index (χ4n) is 1.99. The topological polar surface area (TPSA) is 24.7 Å². The third-order valence-corrected chi connectivity index (χ3v) is 3.32. The Bertz CT molecular complexity index is 665. The van der Waals surface area contributed by atoms with Crippen LogP contribution in [-0.4, -0.2) is 12.6 Å². The minimum Gasteiger partial charge on any atom is -0.225 e. The summed E-state index contributed by atoms with van der Waals surface area (Å²) in [5, 5.41) is 0. The molecule has 0 aliphatic carbocycles. The van der Waals surface area contributed by atoms with Crippen molar-refractivity contribution < 1.29 is 0 Å². The molecule has 2 nitrogen and oxygen atoms in total. The van der Waals surface area contributed by atoms with Crippen LogP contribution in [0.3, 0.4) is 0 Å². The zero-order valence-electron chi connectivity index (χ0n) is 12.6. The zero-order chi connectivity index (χ0) is 15.1. The summed E-state index contributed by atoms with van der Waals surface area (Å²) in [6.45, 7) is 8.84. The number of aliphatic imine (C=N–C) groups is 2. The number of allylic oxidation sites excluding steroid dienone is 1. The van der Waals surface area contributed by atoms with Gasteiger partial charge in [-0.05, 0) is 30.2 Å². The van der Waals surface area contributed by atoms with Crippen molar-refractivity contribution in [3.8, 4) is 0 Å². The molecule has 0 N–H and O–H groups in total. The molecule has 0 spiro atoms. The van der Waals surface area contributed by atoms with Crippen LogP contribution in [0.1, 0.15) is 30.9 Å². The van der Waals surface area contributed by atoms with Crippen LogP contribution in [0.4, 0.5) is 5.69 Å². The van der Waals surface area contributed by atoms with Crippen LogP contribution in [-0.2, 0) is 0 Å². The molecule has 2 rings (SSSR count). The van der Waals surface area contributed by atoms with E-state index in [4.69, 9.17) is 0 Å². The Kier molecular flexibility index (Phi) is 5.25. The highest BCUT2D eigenvalue weighted by Gasteiger charge is 2.05. The summed E-state index contributed by atoms with van der Waals surface area (Å²) in [5.74, 6) is 0.336. The molecule has 0 saturated heterocycles. The molecule has 2 aromatic carbocycles. The van der Waals surface area contributed by atoms with E-state index in [2.05, 4.69) is 53.8 Å². The molecule has 0 saturated carbocycles. The van der Waals surface area contributed by atoms with Gasteiger partial charge in [-0.25, -0.2) is 4.99 Å². The Hall–Kier alpha value is -2.44. The monoisotopic (exact) mass is 276 g/mol. The Morgan fingerprint density at radius 3 is 2.62 bits per heavy atom. The minimum absolute atomic E-state index is 0.336. The van der Waals surface area contributed by atoms with E-state index >= 15 is 0 Å². The molecular weight excluding hydrogens is 256 g/mol. The summed E-state index contributed by atoms with van der Waals surface area (Å²) in [6, 6.07) is 21.0. The second-order valence-electron chi connectivity index (χ2n) is 5.19. The van der Waals surface area contributed by atoms with Gasteiger partial charge in [-0.3, -0.25) is 0 Å². The van der Waals surface area contributed by atoms with E-state index in [1.54, 1.807) is 0 Å². The van der Waals surface area contributed by atoms with Gasteiger partial charge >= 0.3 is 0 Å². The summed E-state index contributed by atoms with van der Waals surface area (Å²) in [6.07, 6.45) is 0. The van der Waals surface area contributed by atoms with Crippen molar-refractivity contribution in [3.63, 3.8) is 0 Å². The van der Waals surface area contributed by atoms with Crippen molar-refractivity contribution in [1.29, 1.82) is 0 Å². The van der Waals surface area contributed by atoms with Crippen molar-refractivity contribution in [3.05, 3.63) is 72.3 Å². The Morgan fingerprint density at radius 2 is 1.90 bits per heavy atom. The number of hydrogen-bond donors (Lipinski definition) is 0. The van der Waals surface area contributed by atoms with E-state index in [1.807, 2.05) is 37.3 Å². The van der Waals surface area contributed by atoms with Gasteiger partial charge in [0.05, 0.1) is 18.2 Å². The highest BCUT2D eigenvalue weighted by atomic mass is 14.8. The number of para-hydroxylation sites is 1. The number of rotatable bonds is 5. The average Bonchev–Trinajstić information content (AvgIpc) is 2.52. The van der Waals surface area contributed by atoms with Crippen LogP contribution in [0, 0.1) is 0 Å². The van der Waals surface area contributed by atoms with Crippen molar-refractivity contribution in [2.45, 2.75) is 19.8 Å². The Balaban J connectivity index is 2.01. The van der Waals surface area contributed by atoms with Crippen molar-refractivity contribution >= 4 is 17.3 Å². The zero-order valence-corrected chi connectivity index (χ0v) is 12.6. The Labute approximate surface area is 126 Å². The van der Waals surface area contributed by atoms with Gasteiger partial charge < -0.3 is 0 Å². The lowest BCUT2D eigenvalue weighted by Crippen LogP contribution is -1.98. The third-order valence-electron chi connectivity index (χ3n) is 3.32. The van der Waals surface area contributed by atoms with Gasteiger partial charge in [-0.1, -0.05) is 61.5 Å². The first-order valence-corrected chi connectivity index (χ1v) is 7.10. The minimum atomic E-state index is 0.336. The predicted molar refractivity (Wildman–Crippen MR) is 90.4 cm³/mol. The largest absolute Gasteiger partial charge is 0.225 e. The van der Waals surface area contributed by atoms with Gasteiger partial charge in [-0.2, -0.15) is 4.99 Å². The van der Waals surface area contributed by atoms with Gasteiger partial charge in [0.25, 0.3) is 0 Å². The predicted octanol–water partition coefficient (Wildman–Crippen LogP) is 5.33. The quantitative estimate of drug-likeness (QED) is 0.659. The molecule has 0 aliphatic heterocycles. The SMILES string of the molecule is C=C(C)c1cccc(C(C)CN=C=Nc2ccccc2)c1. The first-order valence-electron chi connectivity index (χ1n) is 7.10. The number of nitrogens with zero attached hydrogens (tertiary/aromatic N) is 2. The van der Waals surface area contributed by atoms with Crippen LogP contribution >= 0.6 is 0 Å². The maximum atomic E-state index is 4.28. The third kappa shape index (κ3) is 4.55. The first kappa shape index (κ1) is 15.0. The Morgan fingerprint density at radius 1 is 1.14 bits per heavy atom. The molecule has 0 heterocycles. The number of benzene rings is 2. The molecular formula is C19H20N2. The number of hydrogen-bond acceptors (Lipinski definition) is 2. The van der Waals surface area contributed by atoms with E-state index in [1.165, 1.54) is 11.1 Å². The van der Waals surface area contributed by atoms with Crippen LogP contribution in [0.2, 0.25) is 0 Å². The van der Waals surface area contributed by atoms with Gasteiger partial charge in [0.1, 0.15) is 0 Å². The summed E-state index contributed by atoms with van der Waals surface area (Å²) in [7, 11) is 0. The molecule has 2 heteroatoms. The summed E-state index contributed by atoms with van der Waals surface area (Å²) in [4.78, 5) is 8.47. The van der Waals surface area contributed by atoms with Crippen molar-refractivity contribution in [2.75, 3.05) is 6.54 Å². The molecule has 0 aromatic heterocycles. The van der Waals surface area contributed by atoms with E-state index in [9.17, 15) is 0 Å². The molecule has 0 fully saturated rings. The maximum absolute atomic E-state index is 4.28. The molecule has 0 bridgehead atoms. The molecule has 0 radical (unpaired) electrons. The second-order valence-corrected chi connectivity index (χ2v) is 5.19. The fourth-order valence-corrected chi connectivity index (χ4v) is 1.99. The van der Waals surface area contributed by atoms with Crippen molar-refractivity contribution in [2.24, 2.45) is 9.98 Å². The summed E-state index contributed by atoms with van der Waals surface area (Å²) < 4.78 is 0. The van der Waals surface area contributed by atoms with Crippen LogP contribution in [0.5, 0.6) is 0 Å². The molecule has 2 aromatic rings. The second kappa shape index (κ2) is 7.37. The standard InChI is InChI=1S/C19H20N2/c1-15(2)17-8-7-9-18(12-17)16(3)13-20-14-21-19-10-5-4-6-11-19/h4-12,16H,1,13H2,2-3H3. The van der Waals surface area contributed by atoms with Gasteiger partial charge in [-0.15, -0.1) is 0 Å². The molecule has 0 aliphatic rings. The lowest BCUT2D eigenvalue weighted by molar-refractivity contribution is 0.777. The lowest BCUT2D eigenvalue weighted by Gasteiger charge is -2.10. The van der Waals surface area contributed by atoms with Crippen LogP contribution in [0.15, 0.2) is 71.2 Å². The van der Waals surface area contributed by atoms with E-state index in [-0.39, 0.29) is 0 Å². The van der Waals surface area contributed by atoms with E-state index < -0.39 is 0 Å². The normalized spacial score (nSPS) is 11.3. The maximum Gasteiger partial charge on any atom is 0.0949 e. The van der Waals surface area contributed by atoms with Gasteiger partial charge in [0.15, 0.2) is 0 Å². The summed E-state index contributed by atoms with van der Waals surface area (Å²) >= 11 is 0. The van der Waals surface area contributed by atoms with Gasteiger partial charge in [0.2, 0.25) is 0 Å². The van der Waals surface area contributed by atoms with Crippen LogP contribution in [0.25, 0.3) is 5.57 Å². The molecule has 106 valence electrons.